The van der Waals surface area contributed by atoms with Gasteiger partial charge in [-0.05, 0) is 25.5 Å². The first kappa shape index (κ1) is 18.0. The molecule has 1 amide bonds. The molecule has 142 valence electrons. The van der Waals surface area contributed by atoms with E-state index in [1.807, 2.05) is 68.6 Å². The number of anilines is 1. The summed E-state index contributed by atoms with van der Waals surface area (Å²) in [4.78, 5) is 16.2. The number of nitrogens with two attached hydrogens (primary N) is 1. The minimum absolute atomic E-state index is 0.118. The molecular weight excluding hydrogens is 350 g/mol. The third-order valence-corrected chi connectivity index (χ3v) is 5.12. The van der Waals surface area contributed by atoms with Crippen molar-refractivity contribution in [2.24, 2.45) is 5.73 Å². The van der Waals surface area contributed by atoms with E-state index in [4.69, 9.17) is 5.73 Å². The van der Waals surface area contributed by atoms with E-state index < -0.39 is 5.92 Å². The van der Waals surface area contributed by atoms with E-state index in [1.54, 1.807) is 0 Å². The number of para-hydroxylation sites is 1. The molecule has 0 fully saturated rings. The van der Waals surface area contributed by atoms with Gasteiger partial charge in [0.1, 0.15) is 0 Å². The zero-order valence-corrected chi connectivity index (χ0v) is 15.9. The summed E-state index contributed by atoms with van der Waals surface area (Å²) in [6.07, 6.45) is 1.96. The van der Waals surface area contributed by atoms with Gasteiger partial charge in [-0.15, -0.1) is 0 Å². The highest BCUT2D eigenvalue weighted by molar-refractivity contribution is 6.07. The van der Waals surface area contributed by atoms with Gasteiger partial charge in [-0.3, -0.25) is 9.89 Å². The minimum atomic E-state index is -0.399. The van der Waals surface area contributed by atoms with Crippen LogP contribution in [0.1, 0.15) is 22.9 Å². The van der Waals surface area contributed by atoms with Gasteiger partial charge < -0.3 is 16.0 Å². The summed E-state index contributed by atoms with van der Waals surface area (Å²) in [6.45, 7) is 4.23. The molecule has 4 rings (SSSR count). The molecule has 6 heteroatoms. The average Bonchev–Trinajstić information content (AvgIpc) is 3.26. The summed E-state index contributed by atoms with van der Waals surface area (Å²) in [5.74, 6) is -0.516. The maximum atomic E-state index is 12.9. The fourth-order valence-corrected chi connectivity index (χ4v) is 3.71. The Balaban J connectivity index is 1.70. The van der Waals surface area contributed by atoms with E-state index in [1.165, 1.54) is 0 Å². The predicted octanol–water partition coefficient (Wildman–Crippen LogP) is 3.86. The number of fused-ring (bicyclic) bond motifs is 1. The predicted molar refractivity (Wildman–Crippen MR) is 112 cm³/mol. The van der Waals surface area contributed by atoms with Crippen molar-refractivity contribution in [2.45, 2.75) is 19.8 Å². The standard InChI is InChI=1S/C22H23N5O/c1-13-20(14(2)27-26-13)18-12-24-21-16(18)9-6-10-19(21)25-22(28)17(11-23)15-7-4-3-5-8-15/h3-10,12,17,24H,11,23H2,1-2H3,(H,25,28)(H,26,27)/t17-/m1/s1. The number of nitrogens with one attached hydrogen (secondary N) is 3. The van der Waals surface area contributed by atoms with Crippen LogP contribution in [0.15, 0.2) is 54.7 Å². The summed E-state index contributed by atoms with van der Waals surface area (Å²) in [7, 11) is 0. The Kier molecular flexibility index (Phi) is 4.71. The number of hydrogen-bond acceptors (Lipinski definition) is 3. The lowest BCUT2D eigenvalue weighted by Gasteiger charge is -2.16. The van der Waals surface area contributed by atoms with E-state index in [0.717, 1.165) is 44.7 Å². The fourth-order valence-electron chi connectivity index (χ4n) is 3.71. The number of H-pyrrole nitrogens is 2. The molecule has 1 atom stereocenters. The molecular formula is C22H23N5O. The maximum absolute atomic E-state index is 12.9. The zero-order valence-electron chi connectivity index (χ0n) is 15.9. The number of hydrogen-bond donors (Lipinski definition) is 4. The minimum Gasteiger partial charge on any atom is -0.359 e. The number of nitrogens with zero attached hydrogens (tertiary/aromatic N) is 1. The first-order chi connectivity index (χ1) is 13.6. The number of rotatable bonds is 5. The first-order valence-corrected chi connectivity index (χ1v) is 9.28. The second-order valence-electron chi connectivity index (χ2n) is 6.93. The van der Waals surface area contributed by atoms with Crippen molar-refractivity contribution in [3.8, 4) is 11.1 Å². The van der Waals surface area contributed by atoms with Gasteiger partial charge >= 0.3 is 0 Å². The quantitative estimate of drug-likeness (QED) is 0.427. The first-order valence-electron chi connectivity index (χ1n) is 9.28. The van der Waals surface area contributed by atoms with Crippen LogP contribution >= 0.6 is 0 Å². The van der Waals surface area contributed by atoms with Gasteiger partial charge in [-0.25, -0.2) is 0 Å². The Hall–Kier alpha value is -3.38. The van der Waals surface area contributed by atoms with E-state index in [-0.39, 0.29) is 12.5 Å². The third kappa shape index (κ3) is 3.08. The summed E-state index contributed by atoms with van der Waals surface area (Å²) in [5, 5.41) is 11.4. The van der Waals surface area contributed by atoms with Crippen molar-refractivity contribution in [3.63, 3.8) is 0 Å². The number of carbonyl (C=O) groups is 1. The second-order valence-corrected chi connectivity index (χ2v) is 6.93. The highest BCUT2D eigenvalue weighted by Gasteiger charge is 2.21. The Morgan fingerprint density at radius 2 is 1.93 bits per heavy atom. The molecule has 0 radical (unpaired) electrons. The molecule has 4 aromatic rings. The molecule has 0 saturated heterocycles. The van der Waals surface area contributed by atoms with Gasteiger partial charge in [0, 0.05) is 34.9 Å². The molecule has 2 aromatic heterocycles. The van der Waals surface area contributed by atoms with Crippen LogP contribution in [-0.4, -0.2) is 27.6 Å². The van der Waals surface area contributed by atoms with Crippen LogP contribution in [0.3, 0.4) is 0 Å². The van der Waals surface area contributed by atoms with Crippen molar-refractivity contribution in [1.29, 1.82) is 0 Å². The SMILES string of the molecule is Cc1n[nH]c(C)c1-c1c[nH]c2c(NC(=O)[C@H](CN)c3ccccc3)cccc12. The molecule has 2 aromatic carbocycles. The van der Waals surface area contributed by atoms with E-state index in [9.17, 15) is 4.79 Å². The van der Waals surface area contributed by atoms with Crippen LogP contribution in [0.5, 0.6) is 0 Å². The molecule has 0 aliphatic rings. The van der Waals surface area contributed by atoms with Gasteiger partial charge in [0.05, 0.1) is 22.8 Å². The number of benzene rings is 2. The molecule has 6 nitrogen and oxygen atoms in total. The van der Waals surface area contributed by atoms with Crippen molar-refractivity contribution in [2.75, 3.05) is 11.9 Å². The van der Waals surface area contributed by atoms with Crippen LogP contribution in [0.25, 0.3) is 22.0 Å². The molecule has 0 aliphatic carbocycles. The highest BCUT2D eigenvalue weighted by Crippen LogP contribution is 2.35. The third-order valence-electron chi connectivity index (χ3n) is 5.12. The largest absolute Gasteiger partial charge is 0.359 e. The fraction of sp³-hybridized carbons (Fsp3) is 0.182. The van der Waals surface area contributed by atoms with Crippen LogP contribution < -0.4 is 11.1 Å². The smallest absolute Gasteiger partial charge is 0.233 e. The number of aromatic amines is 2. The molecule has 5 N–H and O–H groups in total. The van der Waals surface area contributed by atoms with Crippen LogP contribution in [0, 0.1) is 13.8 Å². The lowest BCUT2D eigenvalue weighted by atomic mass is 9.98. The molecule has 0 spiro atoms. The van der Waals surface area contributed by atoms with Crippen molar-refractivity contribution < 1.29 is 4.79 Å². The zero-order chi connectivity index (χ0) is 19.7. The number of aryl methyl sites for hydroxylation is 2. The molecule has 0 bridgehead atoms. The van der Waals surface area contributed by atoms with E-state index in [0.29, 0.717) is 0 Å². The normalized spacial score (nSPS) is 12.2. The van der Waals surface area contributed by atoms with Crippen LogP contribution in [0.2, 0.25) is 0 Å². The van der Waals surface area contributed by atoms with Gasteiger partial charge in [-0.2, -0.15) is 5.10 Å². The topological polar surface area (TPSA) is 99.6 Å². The summed E-state index contributed by atoms with van der Waals surface area (Å²) in [6, 6.07) is 15.5. The van der Waals surface area contributed by atoms with Crippen molar-refractivity contribution in [3.05, 3.63) is 71.7 Å². The maximum Gasteiger partial charge on any atom is 0.233 e. The number of aromatic nitrogens is 3. The summed E-state index contributed by atoms with van der Waals surface area (Å²) < 4.78 is 0. The molecule has 2 heterocycles. The van der Waals surface area contributed by atoms with Gasteiger partial charge in [0.2, 0.25) is 5.91 Å². The highest BCUT2D eigenvalue weighted by atomic mass is 16.1. The van der Waals surface area contributed by atoms with Gasteiger partial charge in [0.15, 0.2) is 0 Å². The molecule has 0 unspecified atom stereocenters. The lowest BCUT2D eigenvalue weighted by Crippen LogP contribution is -2.27. The van der Waals surface area contributed by atoms with E-state index >= 15 is 0 Å². The van der Waals surface area contributed by atoms with Gasteiger partial charge in [0.25, 0.3) is 0 Å². The summed E-state index contributed by atoms with van der Waals surface area (Å²) >= 11 is 0. The Labute approximate surface area is 163 Å². The van der Waals surface area contributed by atoms with Crippen LogP contribution in [-0.2, 0) is 4.79 Å². The number of carbonyl (C=O) groups excluding carboxylic acids is 1. The lowest BCUT2D eigenvalue weighted by molar-refractivity contribution is -0.117. The molecule has 0 aliphatic heterocycles. The monoisotopic (exact) mass is 373 g/mol. The van der Waals surface area contributed by atoms with Crippen molar-refractivity contribution in [1.82, 2.24) is 15.2 Å². The van der Waals surface area contributed by atoms with Crippen molar-refractivity contribution >= 4 is 22.5 Å². The Morgan fingerprint density at radius 3 is 2.61 bits per heavy atom. The Morgan fingerprint density at radius 1 is 1.14 bits per heavy atom. The summed E-state index contributed by atoms with van der Waals surface area (Å²) in [5.41, 5.74) is 12.5. The Bertz CT molecular complexity index is 1110. The molecule has 0 saturated carbocycles. The molecule has 28 heavy (non-hydrogen) atoms. The second kappa shape index (κ2) is 7.32. The number of amides is 1. The van der Waals surface area contributed by atoms with Crippen LogP contribution in [0.4, 0.5) is 5.69 Å². The van der Waals surface area contributed by atoms with E-state index in [2.05, 4.69) is 20.5 Å². The average molecular weight is 373 g/mol. The van der Waals surface area contributed by atoms with Gasteiger partial charge in [-0.1, -0.05) is 42.5 Å².